The summed E-state index contributed by atoms with van der Waals surface area (Å²) in [5.74, 6) is -0.802. The Morgan fingerprint density at radius 2 is 1.54 bits per heavy atom. The molecular formula is C19H22N2O4S. The molecule has 0 bridgehead atoms. The van der Waals surface area contributed by atoms with Crippen molar-refractivity contribution in [3.63, 3.8) is 0 Å². The summed E-state index contributed by atoms with van der Waals surface area (Å²) in [6.07, 6.45) is 0. The highest BCUT2D eigenvalue weighted by Crippen LogP contribution is 2.24. The molecule has 0 aliphatic rings. The minimum absolute atomic E-state index is 0.00684. The van der Waals surface area contributed by atoms with Crippen LogP contribution in [0.3, 0.4) is 0 Å². The van der Waals surface area contributed by atoms with E-state index in [1.165, 1.54) is 19.2 Å². The minimum Gasteiger partial charge on any atom is -0.355 e. The fourth-order valence-corrected chi connectivity index (χ4v) is 3.74. The van der Waals surface area contributed by atoms with Crippen molar-refractivity contribution in [1.29, 1.82) is 0 Å². The molecule has 26 heavy (non-hydrogen) atoms. The third kappa shape index (κ3) is 3.77. The molecule has 2 aromatic rings. The summed E-state index contributed by atoms with van der Waals surface area (Å²) in [4.78, 5) is 24.6. The molecule has 0 saturated carbocycles. The molecule has 7 heteroatoms. The van der Waals surface area contributed by atoms with Crippen LogP contribution in [0, 0.1) is 6.92 Å². The second kappa shape index (κ2) is 7.70. The van der Waals surface area contributed by atoms with Gasteiger partial charge in [0.15, 0.2) is 9.84 Å². The van der Waals surface area contributed by atoms with E-state index in [4.69, 9.17) is 0 Å². The van der Waals surface area contributed by atoms with Crippen LogP contribution in [0.5, 0.6) is 0 Å². The smallest absolute Gasteiger partial charge is 0.256 e. The van der Waals surface area contributed by atoms with Crippen LogP contribution in [-0.4, -0.2) is 32.5 Å². The maximum atomic E-state index is 12.7. The molecule has 0 radical (unpaired) electrons. The lowest BCUT2D eigenvalue weighted by Gasteiger charge is -2.15. The average molecular weight is 374 g/mol. The first-order valence-electron chi connectivity index (χ1n) is 8.16. The van der Waals surface area contributed by atoms with Crippen LogP contribution in [0.4, 0.5) is 5.69 Å². The highest BCUT2D eigenvalue weighted by Gasteiger charge is 2.25. The van der Waals surface area contributed by atoms with Gasteiger partial charge in [0.2, 0.25) is 0 Å². The van der Waals surface area contributed by atoms with Gasteiger partial charge in [-0.25, -0.2) is 8.42 Å². The number of sulfone groups is 1. The van der Waals surface area contributed by atoms with Crippen molar-refractivity contribution in [2.45, 2.75) is 30.9 Å². The van der Waals surface area contributed by atoms with Crippen molar-refractivity contribution in [3.8, 4) is 0 Å². The molecule has 0 spiro atoms. The summed E-state index contributed by atoms with van der Waals surface area (Å²) in [5.41, 5.74) is 1.57. The Bertz CT molecular complexity index is 950. The SMILES string of the molecule is CNC(=O)c1cccc(NC(=O)c2ccccc2S(=O)(=O)C(C)C)c1C. The number of rotatable bonds is 5. The fraction of sp³-hybridized carbons (Fsp3) is 0.263. The molecule has 6 nitrogen and oxygen atoms in total. The van der Waals surface area contributed by atoms with E-state index in [9.17, 15) is 18.0 Å². The van der Waals surface area contributed by atoms with Crippen molar-refractivity contribution in [1.82, 2.24) is 5.32 Å². The van der Waals surface area contributed by atoms with Gasteiger partial charge in [0, 0.05) is 18.3 Å². The lowest BCUT2D eigenvalue weighted by Crippen LogP contribution is -2.22. The van der Waals surface area contributed by atoms with Gasteiger partial charge in [-0.15, -0.1) is 0 Å². The first-order valence-corrected chi connectivity index (χ1v) is 9.70. The van der Waals surface area contributed by atoms with Crippen LogP contribution < -0.4 is 10.6 Å². The first kappa shape index (κ1) is 19.7. The number of carbonyl (C=O) groups is 2. The summed E-state index contributed by atoms with van der Waals surface area (Å²) in [7, 11) is -2.08. The van der Waals surface area contributed by atoms with Gasteiger partial charge in [-0.1, -0.05) is 18.2 Å². The fourth-order valence-electron chi connectivity index (χ4n) is 2.50. The molecule has 2 rings (SSSR count). The molecule has 0 aromatic heterocycles. The zero-order chi connectivity index (χ0) is 19.5. The van der Waals surface area contributed by atoms with Crippen LogP contribution in [0.25, 0.3) is 0 Å². The Morgan fingerprint density at radius 3 is 2.15 bits per heavy atom. The maximum absolute atomic E-state index is 12.7. The summed E-state index contributed by atoms with van der Waals surface area (Å²) in [5, 5.41) is 4.61. The van der Waals surface area contributed by atoms with Gasteiger partial charge in [-0.05, 0) is 50.6 Å². The molecule has 0 aliphatic carbocycles. The predicted octanol–water partition coefficient (Wildman–Crippen LogP) is 2.79. The number of benzene rings is 2. The molecule has 0 saturated heterocycles. The Balaban J connectivity index is 2.44. The lowest BCUT2D eigenvalue weighted by molar-refractivity contribution is 0.0960. The molecule has 0 aliphatic heterocycles. The molecular weight excluding hydrogens is 352 g/mol. The lowest BCUT2D eigenvalue weighted by atomic mass is 10.1. The van der Waals surface area contributed by atoms with E-state index in [1.54, 1.807) is 51.1 Å². The Morgan fingerprint density at radius 1 is 0.923 bits per heavy atom. The van der Waals surface area contributed by atoms with Gasteiger partial charge >= 0.3 is 0 Å². The van der Waals surface area contributed by atoms with Crippen LogP contribution in [0.2, 0.25) is 0 Å². The largest absolute Gasteiger partial charge is 0.355 e. The van der Waals surface area contributed by atoms with Gasteiger partial charge < -0.3 is 10.6 Å². The Kier molecular flexibility index (Phi) is 5.82. The molecule has 0 atom stereocenters. The number of hydrogen-bond acceptors (Lipinski definition) is 4. The zero-order valence-corrected chi connectivity index (χ0v) is 16.0. The van der Waals surface area contributed by atoms with Crippen molar-refractivity contribution >= 4 is 27.3 Å². The number of nitrogens with one attached hydrogen (secondary N) is 2. The van der Waals surface area contributed by atoms with Crippen molar-refractivity contribution < 1.29 is 18.0 Å². The highest BCUT2D eigenvalue weighted by molar-refractivity contribution is 7.92. The molecule has 2 aromatic carbocycles. The van der Waals surface area contributed by atoms with Crippen LogP contribution in [0.15, 0.2) is 47.4 Å². The van der Waals surface area contributed by atoms with Gasteiger partial charge in [-0.2, -0.15) is 0 Å². The third-order valence-corrected chi connectivity index (χ3v) is 6.32. The zero-order valence-electron chi connectivity index (χ0n) is 15.2. The first-order chi connectivity index (χ1) is 12.2. The van der Waals surface area contributed by atoms with Gasteiger partial charge in [0.25, 0.3) is 11.8 Å². The molecule has 2 amide bonds. The molecule has 138 valence electrons. The summed E-state index contributed by atoms with van der Waals surface area (Å²) < 4.78 is 25.1. The van der Waals surface area contributed by atoms with E-state index in [2.05, 4.69) is 10.6 Å². The second-order valence-corrected chi connectivity index (χ2v) is 8.57. The minimum atomic E-state index is -3.61. The highest BCUT2D eigenvalue weighted by atomic mass is 32.2. The quantitative estimate of drug-likeness (QED) is 0.842. The standard InChI is InChI=1S/C19H22N2O4S/c1-12(2)26(24,25)17-11-6-5-8-15(17)19(23)21-16-10-7-9-14(13(16)3)18(22)20-4/h5-12H,1-4H3,(H,20,22)(H,21,23). The second-order valence-electron chi connectivity index (χ2n) is 6.10. The Hall–Kier alpha value is -2.67. The third-order valence-electron chi connectivity index (χ3n) is 4.11. The van der Waals surface area contributed by atoms with Crippen molar-refractivity contribution in [2.24, 2.45) is 0 Å². The number of anilines is 1. The van der Waals surface area contributed by atoms with Crippen LogP contribution >= 0.6 is 0 Å². The van der Waals surface area contributed by atoms with E-state index >= 15 is 0 Å². The molecule has 0 heterocycles. The summed E-state index contributed by atoms with van der Waals surface area (Å²) in [6, 6.07) is 11.1. The van der Waals surface area contributed by atoms with Crippen molar-refractivity contribution in [2.75, 3.05) is 12.4 Å². The number of carbonyl (C=O) groups excluding carboxylic acids is 2. The maximum Gasteiger partial charge on any atom is 0.256 e. The predicted molar refractivity (Wildman–Crippen MR) is 101 cm³/mol. The Labute approximate surface area is 153 Å². The molecule has 0 unspecified atom stereocenters. The van der Waals surface area contributed by atoms with Crippen LogP contribution in [-0.2, 0) is 9.84 Å². The van der Waals surface area contributed by atoms with Crippen molar-refractivity contribution in [3.05, 3.63) is 59.2 Å². The van der Waals surface area contributed by atoms with Crippen LogP contribution in [0.1, 0.15) is 40.1 Å². The van der Waals surface area contributed by atoms with E-state index in [-0.39, 0.29) is 16.4 Å². The monoisotopic (exact) mass is 374 g/mol. The van der Waals surface area contributed by atoms with Gasteiger partial charge in [0.05, 0.1) is 15.7 Å². The van der Waals surface area contributed by atoms with E-state index in [0.29, 0.717) is 16.8 Å². The number of amides is 2. The van der Waals surface area contributed by atoms with Gasteiger partial charge in [-0.3, -0.25) is 9.59 Å². The van der Waals surface area contributed by atoms with Gasteiger partial charge in [0.1, 0.15) is 0 Å². The number of hydrogen-bond donors (Lipinski definition) is 2. The van der Waals surface area contributed by atoms with E-state index in [1.807, 2.05) is 0 Å². The summed E-state index contributed by atoms with van der Waals surface area (Å²) >= 11 is 0. The topological polar surface area (TPSA) is 92.3 Å². The summed E-state index contributed by atoms with van der Waals surface area (Å²) in [6.45, 7) is 4.86. The normalized spacial score (nSPS) is 11.3. The molecule has 2 N–H and O–H groups in total. The van der Waals surface area contributed by atoms with E-state index < -0.39 is 21.0 Å². The van der Waals surface area contributed by atoms with E-state index in [0.717, 1.165) is 0 Å². The molecule has 0 fully saturated rings. The average Bonchev–Trinajstić information content (AvgIpc) is 2.62.